The summed E-state index contributed by atoms with van der Waals surface area (Å²) in [6.45, 7) is 1.89. The van der Waals surface area contributed by atoms with Crippen LogP contribution in [-0.4, -0.2) is 23.8 Å². The Morgan fingerprint density at radius 2 is 1.06 bits per heavy atom. The number of primary amides is 1. The highest BCUT2D eigenvalue weighted by molar-refractivity contribution is 5.89. The maximum absolute atomic E-state index is 12.7. The van der Waals surface area contributed by atoms with E-state index in [0.29, 0.717) is 0 Å². The largest absolute Gasteiger partial charge is 0.368 e. The van der Waals surface area contributed by atoms with Crippen molar-refractivity contribution in [3.8, 4) is 0 Å². The average Bonchev–Trinajstić information content (AvgIpc) is 2.84. The predicted molar refractivity (Wildman–Crippen MR) is 128 cm³/mol. The van der Waals surface area contributed by atoms with Crippen LogP contribution in [-0.2, 0) is 14.4 Å². The number of nitrogens with two attached hydrogens (primary N) is 1. The molecular weight excluding hydrogens is 414 g/mol. The van der Waals surface area contributed by atoms with E-state index in [1.807, 2.05) is 97.9 Å². The molecule has 3 rings (SSSR count). The van der Waals surface area contributed by atoms with Crippen LogP contribution < -0.4 is 16.4 Å². The molecule has 3 amide bonds. The number of carbonyl (C=O) groups is 3. The van der Waals surface area contributed by atoms with Crippen LogP contribution in [0.1, 0.15) is 48.4 Å². The van der Waals surface area contributed by atoms with E-state index in [9.17, 15) is 14.4 Å². The molecule has 6 heteroatoms. The highest BCUT2D eigenvalue weighted by Gasteiger charge is 2.30. The molecule has 0 unspecified atom stereocenters. The Balaban J connectivity index is 1.66. The monoisotopic (exact) mass is 443 g/mol. The summed E-state index contributed by atoms with van der Waals surface area (Å²) in [7, 11) is 0. The third-order valence-corrected chi connectivity index (χ3v) is 5.53. The molecule has 6 nitrogen and oxygen atoms in total. The molecule has 0 heterocycles. The fourth-order valence-electron chi connectivity index (χ4n) is 3.83. The quantitative estimate of drug-likeness (QED) is 0.447. The van der Waals surface area contributed by atoms with Gasteiger partial charge in [-0.05, 0) is 23.6 Å². The lowest BCUT2D eigenvalue weighted by molar-refractivity contribution is -0.129. The summed E-state index contributed by atoms with van der Waals surface area (Å²) < 4.78 is 0. The first kappa shape index (κ1) is 23.7. The van der Waals surface area contributed by atoms with Gasteiger partial charge in [0.1, 0.15) is 6.04 Å². The SMILES string of the molecule is C[C@@H](NC(=O)CCC(=O)N[C@H](C(N)=O)C(c1ccccc1)c1ccccc1)c1ccccc1. The minimum atomic E-state index is -0.950. The highest BCUT2D eigenvalue weighted by atomic mass is 16.2. The van der Waals surface area contributed by atoms with Gasteiger partial charge in [-0.2, -0.15) is 0 Å². The minimum Gasteiger partial charge on any atom is -0.368 e. The summed E-state index contributed by atoms with van der Waals surface area (Å²) in [6, 6.07) is 27.4. The summed E-state index contributed by atoms with van der Waals surface area (Å²) in [5, 5.41) is 5.65. The predicted octanol–water partition coefficient (Wildman–Crippen LogP) is 3.45. The first-order chi connectivity index (χ1) is 16.0. The Morgan fingerprint density at radius 3 is 1.48 bits per heavy atom. The second-order valence-corrected chi connectivity index (χ2v) is 7.95. The van der Waals surface area contributed by atoms with Crippen LogP contribution in [0, 0.1) is 0 Å². The molecule has 33 heavy (non-hydrogen) atoms. The van der Waals surface area contributed by atoms with E-state index in [4.69, 9.17) is 5.73 Å². The number of amides is 3. The van der Waals surface area contributed by atoms with Gasteiger partial charge in [-0.3, -0.25) is 14.4 Å². The van der Waals surface area contributed by atoms with Gasteiger partial charge in [-0.15, -0.1) is 0 Å². The van der Waals surface area contributed by atoms with Crippen LogP contribution in [0.3, 0.4) is 0 Å². The van der Waals surface area contributed by atoms with Gasteiger partial charge in [-0.1, -0.05) is 91.0 Å². The molecular formula is C27H29N3O3. The van der Waals surface area contributed by atoms with Crippen molar-refractivity contribution >= 4 is 17.7 Å². The van der Waals surface area contributed by atoms with Crippen molar-refractivity contribution in [2.75, 3.05) is 0 Å². The van der Waals surface area contributed by atoms with Gasteiger partial charge >= 0.3 is 0 Å². The van der Waals surface area contributed by atoms with Gasteiger partial charge in [0.05, 0.1) is 6.04 Å². The highest BCUT2D eigenvalue weighted by Crippen LogP contribution is 2.28. The Labute approximate surface area is 194 Å². The smallest absolute Gasteiger partial charge is 0.240 e. The number of benzene rings is 3. The zero-order valence-corrected chi connectivity index (χ0v) is 18.6. The number of carbonyl (C=O) groups excluding carboxylic acids is 3. The molecule has 0 fully saturated rings. The summed E-state index contributed by atoms with van der Waals surface area (Å²) in [5.74, 6) is -1.72. The minimum absolute atomic E-state index is 0.00975. The lowest BCUT2D eigenvalue weighted by atomic mass is 9.84. The molecule has 0 aliphatic carbocycles. The number of hydrogen-bond donors (Lipinski definition) is 3. The van der Waals surface area contributed by atoms with E-state index >= 15 is 0 Å². The van der Waals surface area contributed by atoms with E-state index in [1.54, 1.807) is 0 Å². The summed E-state index contributed by atoms with van der Waals surface area (Å²) >= 11 is 0. The molecule has 3 aromatic rings. The Kier molecular flexibility index (Phi) is 8.36. The molecule has 4 N–H and O–H groups in total. The van der Waals surface area contributed by atoms with Crippen molar-refractivity contribution in [1.82, 2.24) is 10.6 Å². The number of nitrogens with one attached hydrogen (secondary N) is 2. The molecule has 0 saturated heterocycles. The van der Waals surface area contributed by atoms with Crippen LogP contribution in [0.2, 0.25) is 0 Å². The molecule has 0 aromatic heterocycles. The van der Waals surface area contributed by atoms with Crippen molar-refractivity contribution in [2.45, 2.75) is 37.8 Å². The summed E-state index contributed by atoms with van der Waals surface area (Å²) in [6.07, 6.45) is -0.0384. The maximum atomic E-state index is 12.7. The fraction of sp³-hybridized carbons (Fsp3) is 0.222. The van der Waals surface area contributed by atoms with Gasteiger partial charge < -0.3 is 16.4 Å². The Bertz CT molecular complexity index is 1020. The third-order valence-electron chi connectivity index (χ3n) is 5.53. The first-order valence-corrected chi connectivity index (χ1v) is 11.0. The van der Waals surface area contributed by atoms with Gasteiger partial charge in [-0.25, -0.2) is 0 Å². The van der Waals surface area contributed by atoms with E-state index in [0.717, 1.165) is 16.7 Å². The average molecular weight is 444 g/mol. The van der Waals surface area contributed by atoms with Gasteiger partial charge in [0.2, 0.25) is 17.7 Å². The van der Waals surface area contributed by atoms with E-state index in [2.05, 4.69) is 10.6 Å². The topological polar surface area (TPSA) is 101 Å². The lowest BCUT2D eigenvalue weighted by Crippen LogP contribution is -2.48. The van der Waals surface area contributed by atoms with Gasteiger partial charge in [0, 0.05) is 18.8 Å². The molecule has 0 bridgehead atoms. The van der Waals surface area contributed by atoms with Crippen LogP contribution in [0.4, 0.5) is 0 Å². The van der Waals surface area contributed by atoms with Crippen LogP contribution in [0.15, 0.2) is 91.0 Å². The Hall–Kier alpha value is -3.93. The molecule has 3 aromatic carbocycles. The second-order valence-electron chi connectivity index (χ2n) is 7.95. The third kappa shape index (κ3) is 6.77. The van der Waals surface area contributed by atoms with E-state index in [1.165, 1.54) is 0 Å². The first-order valence-electron chi connectivity index (χ1n) is 11.0. The lowest BCUT2D eigenvalue weighted by Gasteiger charge is -2.27. The van der Waals surface area contributed by atoms with Crippen molar-refractivity contribution < 1.29 is 14.4 Å². The summed E-state index contributed by atoms with van der Waals surface area (Å²) in [5.41, 5.74) is 8.42. The normalized spacial score (nSPS) is 12.5. The van der Waals surface area contributed by atoms with Crippen molar-refractivity contribution in [3.05, 3.63) is 108 Å². The van der Waals surface area contributed by atoms with Crippen molar-refractivity contribution in [3.63, 3.8) is 0 Å². The second kappa shape index (κ2) is 11.6. The molecule has 2 atom stereocenters. The van der Waals surface area contributed by atoms with Crippen molar-refractivity contribution in [2.24, 2.45) is 5.73 Å². The molecule has 0 aliphatic rings. The van der Waals surface area contributed by atoms with Crippen LogP contribution in [0.25, 0.3) is 0 Å². The number of rotatable bonds is 10. The zero-order valence-electron chi connectivity index (χ0n) is 18.6. The maximum Gasteiger partial charge on any atom is 0.240 e. The fourth-order valence-corrected chi connectivity index (χ4v) is 3.83. The van der Waals surface area contributed by atoms with Crippen LogP contribution >= 0.6 is 0 Å². The van der Waals surface area contributed by atoms with Crippen LogP contribution in [0.5, 0.6) is 0 Å². The van der Waals surface area contributed by atoms with E-state index in [-0.39, 0.29) is 24.8 Å². The number of hydrogen-bond acceptors (Lipinski definition) is 3. The molecule has 0 saturated carbocycles. The molecule has 0 spiro atoms. The molecule has 0 radical (unpaired) electrons. The van der Waals surface area contributed by atoms with E-state index < -0.39 is 23.8 Å². The van der Waals surface area contributed by atoms with Gasteiger partial charge in [0.15, 0.2) is 0 Å². The molecule has 0 aliphatic heterocycles. The standard InChI is InChI=1S/C27H29N3O3/c1-19(20-11-5-2-6-12-20)29-23(31)17-18-24(32)30-26(27(28)33)25(21-13-7-3-8-14-21)22-15-9-4-10-16-22/h2-16,19,25-26H,17-18H2,1H3,(H2,28,33)(H,29,31)(H,30,32)/t19-,26+/m1/s1. The van der Waals surface area contributed by atoms with Gasteiger partial charge in [0.25, 0.3) is 0 Å². The van der Waals surface area contributed by atoms with Crippen molar-refractivity contribution in [1.29, 1.82) is 0 Å². The zero-order chi connectivity index (χ0) is 23.6. The molecule has 170 valence electrons. The Morgan fingerprint density at radius 1 is 0.667 bits per heavy atom. The summed E-state index contributed by atoms with van der Waals surface area (Å²) in [4.78, 5) is 37.4.